The molecule has 1 aliphatic rings. The van der Waals surface area contributed by atoms with Crippen molar-refractivity contribution in [2.45, 2.75) is 24.5 Å². The molecule has 1 unspecified atom stereocenters. The zero-order valence-electron chi connectivity index (χ0n) is 11.1. The predicted molar refractivity (Wildman–Crippen MR) is 74.4 cm³/mol. The first-order chi connectivity index (χ1) is 9.26. The number of rotatable bonds is 3. The first-order valence-electron chi connectivity index (χ1n) is 6.18. The molecule has 0 radical (unpaired) electrons. The van der Waals surface area contributed by atoms with Crippen LogP contribution in [0.4, 0.5) is 0 Å². The SMILES string of the molecule is CC1CS(=O)(=O)CCN1S(=O)(=O)c1ccc(CO)cc1. The third kappa shape index (κ3) is 3.03. The molecule has 112 valence electrons. The van der Waals surface area contributed by atoms with Crippen LogP contribution in [0.15, 0.2) is 29.2 Å². The molecule has 1 aliphatic heterocycles. The molecule has 0 aliphatic carbocycles. The van der Waals surface area contributed by atoms with Crippen LogP contribution in [0.25, 0.3) is 0 Å². The molecule has 8 heteroatoms. The Morgan fingerprint density at radius 3 is 2.40 bits per heavy atom. The summed E-state index contributed by atoms with van der Waals surface area (Å²) in [5, 5.41) is 8.95. The number of hydrogen-bond acceptors (Lipinski definition) is 5. The van der Waals surface area contributed by atoms with Crippen molar-refractivity contribution in [2.24, 2.45) is 0 Å². The molecule has 1 atom stereocenters. The average Bonchev–Trinajstić information content (AvgIpc) is 2.37. The van der Waals surface area contributed by atoms with Crippen molar-refractivity contribution in [3.05, 3.63) is 29.8 Å². The van der Waals surface area contributed by atoms with Gasteiger partial charge in [0.05, 0.1) is 23.0 Å². The highest BCUT2D eigenvalue weighted by Gasteiger charge is 2.36. The maximum Gasteiger partial charge on any atom is 0.243 e. The van der Waals surface area contributed by atoms with Gasteiger partial charge in [-0.15, -0.1) is 0 Å². The first-order valence-corrected chi connectivity index (χ1v) is 9.44. The van der Waals surface area contributed by atoms with Crippen LogP contribution in [-0.4, -0.2) is 50.3 Å². The van der Waals surface area contributed by atoms with Crippen LogP contribution in [0.1, 0.15) is 12.5 Å². The van der Waals surface area contributed by atoms with Gasteiger partial charge in [-0.3, -0.25) is 0 Å². The third-order valence-corrected chi connectivity index (χ3v) is 7.14. The first kappa shape index (κ1) is 15.4. The summed E-state index contributed by atoms with van der Waals surface area (Å²) in [6.07, 6.45) is 0. The fraction of sp³-hybridized carbons (Fsp3) is 0.500. The number of aliphatic hydroxyl groups is 1. The Bertz CT molecular complexity index is 679. The molecule has 1 aromatic carbocycles. The van der Waals surface area contributed by atoms with Gasteiger partial charge in [-0.05, 0) is 24.6 Å². The van der Waals surface area contributed by atoms with E-state index in [2.05, 4.69) is 0 Å². The molecule has 0 spiro atoms. The Morgan fingerprint density at radius 2 is 1.90 bits per heavy atom. The summed E-state index contributed by atoms with van der Waals surface area (Å²) in [6, 6.07) is 5.36. The molecule has 6 nitrogen and oxygen atoms in total. The molecular weight excluding hydrogens is 302 g/mol. The van der Waals surface area contributed by atoms with E-state index in [0.717, 1.165) is 0 Å². The number of sulfonamides is 1. The minimum absolute atomic E-state index is 0.0203. The van der Waals surface area contributed by atoms with Crippen LogP contribution >= 0.6 is 0 Å². The second-order valence-corrected chi connectivity index (χ2v) is 9.00. The van der Waals surface area contributed by atoms with Gasteiger partial charge < -0.3 is 5.11 Å². The Kier molecular flexibility index (Phi) is 4.19. The molecule has 1 N–H and O–H groups in total. The highest BCUT2D eigenvalue weighted by atomic mass is 32.2. The summed E-state index contributed by atoms with van der Waals surface area (Å²) in [5.74, 6) is -0.299. The van der Waals surface area contributed by atoms with Crippen LogP contribution in [0, 0.1) is 0 Å². The maximum absolute atomic E-state index is 12.5. The molecule has 0 amide bonds. The lowest BCUT2D eigenvalue weighted by molar-refractivity contribution is 0.281. The lowest BCUT2D eigenvalue weighted by atomic mass is 10.2. The van der Waals surface area contributed by atoms with Crippen LogP contribution in [0.5, 0.6) is 0 Å². The third-order valence-electron chi connectivity index (χ3n) is 3.32. The lowest BCUT2D eigenvalue weighted by Gasteiger charge is -2.32. The van der Waals surface area contributed by atoms with Gasteiger partial charge in [-0.2, -0.15) is 4.31 Å². The van der Waals surface area contributed by atoms with Gasteiger partial charge >= 0.3 is 0 Å². The normalized spacial score (nSPS) is 23.6. The van der Waals surface area contributed by atoms with E-state index in [4.69, 9.17) is 5.11 Å². The molecule has 0 saturated carbocycles. The number of hydrogen-bond donors (Lipinski definition) is 1. The van der Waals surface area contributed by atoms with Crippen molar-refractivity contribution >= 4 is 19.9 Å². The maximum atomic E-state index is 12.5. The number of benzene rings is 1. The van der Waals surface area contributed by atoms with Gasteiger partial charge in [0.15, 0.2) is 9.84 Å². The monoisotopic (exact) mass is 319 g/mol. The zero-order valence-corrected chi connectivity index (χ0v) is 12.7. The van der Waals surface area contributed by atoms with Crippen LogP contribution in [0.2, 0.25) is 0 Å². The van der Waals surface area contributed by atoms with E-state index in [1.807, 2.05) is 0 Å². The van der Waals surface area contributed by atoms with Crippen molar-refractivity contribution in [1.82, 2.24) is 4.31 Å². The van der Waals surface area contributed by atoms with Crippen molar-refractivity contribution in [1.29, 1.82) is 0 Å². The van der Waals surface area contributed by atoms with Gasteiger partial charge in [0, 0.05) is 12.6 Å². The van der Waals surface area contributed by atoms with Gasteiger partial charge in [-0.1, -0.05) is 12.1 Å². The van der Waals surface area contributed by atoms with Gasteiger partial charge in [0.1, 0.15) is 0 Å². The Morgan fingerprint density at radius 1 is 1.30 bits per heavy atom. The standard InChI is InChI=1S/C12H17NO5S2/c1-10-9-19(15,16)7-6-13(10)20(17,18)12-4-2-11(8-14)3-5-12/h2-5,10,14H,6-9H2,1H3. The summed E-state index contributed by atoms with van der Waals surface area (Å²) in [4.78, 5) is 0.112. The Labute approximate surface area is 119 Å². The second-order valence-electron chi connectivity index (χ2n) is 4.88. The summed E-state index contributed by atoms with van der Waals surface area (Å²) >= 11 is 0. The quantitative estimate of drug-likeness (QED) is 0.846. The molecule has 0 bridgehead atoms. The van der Waals surface area contributed by atoms with Crippen molar-refractivity contribution in [3.63, 3.8) is 0 Å². The Balaban J connectivity index is 2.30. The molecule has 1 saturated heterocycles. The molecule has 1 aromatic rings. The highest BCUT2D eigenvalue weighted by molar-refractivity contribution is 7.92. The summed E-state index contributed by atoms with van der Waals surface area (Å²) < 4.78 is 49.2. The van der Waals surface area contributed by atoms with E-state index in [9.17, 15) is 16.8 Å². The number of aliphatic hydroxyl groups excluding tert-OH is 1. The topological polar surface area (TPSA) is 91.8 Å². The van der Waals surface area contributed by atoms with E-state index in [1.54, 1.807) is 6.92 Å². The van der Waals surface area contributed by atoms with Crippen LogP contribution in [0.3, 0.4) is 0 Å². The number of sulfone groups is 1. The molecule has 1 fully saturated rings. The number of nitrogens with zero attached hydrogens (tertiary/aromatic N) is 1. The fourth-order valence-corrected chi connectivity index (χ4v) is 5.64. The summed E-state index contributed by atoms with van der Waals surface area (Å²) in [6.45, 7) is 1.42. The molecule has 1 heterocycles. The molecular formula is C12H17NO5S2. The van der Waals surface area contributed by atoms with Crippen LogP contribution < -0.4 is 0 Å². The van der Waals surface area contributed by atoms with Gasteiger partial charge in [-0.25, -0.2) is 16.8 Å². The van der Waals surface area contributed by atoms with Crippen molar-refractivity contribution < 1.29 is 21.9 Å². The van der Waals surface area contributed by atoms with Crippen molar-refractivity contribution in [3.8, 4) is 0 Å². The minimum Gasteiger partial charge on any atom is -0.392 e. The smallest absolute Gasteiger partial charge is 0.243 e. The molecule has 2 rings (SSSR count). The molecule has 20 heavy (non-hydrogen) atoms. The minimum atomic E-state index is -3.70. The van der Waals surface area contributed by atoms with Gasteiger partial charge in [0.25, 0.3) is 0 Å². The predicted octanol–water partition coefficient (Wildman–Crippen LogP) is -0.0135. The van der Waals surface area contributed by atoms with E-state index >= 15 is 0 Å². The summed E-state index contributed by atoms with van der Waals surface area (Å²) in [5.41, 5.74) is 0.623. The zero-order chi connectivity index (χ0) is 15.0. The largest absolute Gasteiger partial charge is 0.392 e. The van der Waals surface area contributed by atoms with Crippen LogP contribution in [-0.2, 0) is 26.5 Å². The van der Waals surface area contributed by atoms with E-state index in [1.165, 1.54) is 28.6 Å². The van der Waals surface area contributed by atoms with E-state index in [-0.39, 0.29) is 29.6 Å². The van der Waals surface area contributed by atoms with Crippen molar-refractivity contribution in [2.75, 3.05) is 18.1 Å². The van der Waals surface area contributed by atoms with E-state index < -0.39 is 25.9 Å². The second kappa shape index (κ2) is 5.44. The molecule has 0 aromatic heterocycles. The van der Waals surface area contributed by atoms with Gasteiger partial charge in [0.2, 0.25) is 10.0 Å². The lowest BCUT2D eigenvalue weighted by Crippen LogP contribution is -2.49. The fourth-order valence-electron chi connectivity index (χ4n) is 2.24. The summed E-state index contributed by atoms with van der Waals surface area (Å²) in [7, 11) is -6.86. The van der Waals surface area contributed by atoms with E-state index in [0.29, 0.717) is 5.56 Å². The average molecular weight is 319 g/mol. The highest BCUT2D eigenvalue weighted by Crippen LogP contribution is 2.22. The Hall–Kier alpha value is -0.960.